The van der Waals surface area contributed by atoms with Crippen LogP contribution in [-0.4, -0.2) is 66.7 Å². The molecule has 0 radical (unpaired) electrons. The molecule has 1 saturated heterocycles. The number of hydrogen-bond acceptors (Lipinski definition) is 5. The molecule has 1 aromatic carbocycles. The van der Waals surface area contributed by atoms with E-state index in [9.17, 15) is 4.79 Å². The van der Waals surface area contributed by atoms with E-state index in [2.05, 4.69) is 20.2 Å². The second-order valence-corrected chi connectivity index (χ2v) is 6.58. The quantitative estimate of drug-likeness (QED) is 0.643. The van der Waals surface area contributed by atoms with Crippen LogP contribution in [0.1, 0.15) is 18.2 Å². The molecule has 8 heteroatoms. The van der Waals surface area contributed by atoms with E-state index in [0.717, 1.165) is 17.2 Å². The molecule has 1 N–H and O–H groups in total. The highest BCUT2D eigenvalue weighted by Crippen LogP contribution is 2.19. The average molecular weight is 385 g/mol. The van der Waals surface area contributed by atoms with E-state index >= 15 is 0 Å². The van der Waals surface area contributed by atoms with Gasteiger partial charge in [-0.15, -0.1) is 0 Å². The number of piperazine rings is 1. The van der Waals surface area contributed by atoms with Gasteiger partial charge in [0.2, 0.25) is 5.89 Å². The van der Waals surface area contributed by atoms with Gasteiger partial charge in [0, 0.05) is 38.8 Å². The molecule has 0 bridgehead atoms. The first-order chi connectivity index (χ1) is 13.6. The van der Waals surface area contributed by atoms with Crippen molar-refractivity contribution in [1.82, 2.24) is 20.1 Å². The summed E-state index contributed by atoms with van der Waals surface area (Å²) < 4.78 is 10.7. The molecule has 1 aliphatic heterocycles. The zero-order valence-corrected chi connectivity index (χ0v) is 16.6. The van der Waals surface area contributed by atoms with Crippen LogP contribution < -0.4 is 5.32 Å². The number of oxazole rings is 1. The number of amides is 1. The number of carbonyl (C=O) groups is 1. The Morgan fingerprint density at radius 2 is 1.89 bits per heavy atom. The number of aliphatic imine (C=N–C) groups is 1. The minimum Gasteiger partial charge on any atom is -0.450 e. The van der Waals surface area contributed by atoms with Gasteiger partial charge in [0.1, 0.15) is 6.26 Å². The highest BCUT2D eigenvalue weighted by molar-refractivity contribution is 5.80. The van der Waals surface area contributed by atoms with Gasteiger partial charge in [-0.25, -0.2) is 9.78 Å². The van der Waals surface area contributed by atoms with Crippen LogP contribution in [0.5, 0.6) is 0 Å². The van der Waals surface area contributed by atoms with E-state index in [1.165, 1.54) is 5.56 Å². The van der Waals surface area contributed by atoms with Gasteiger partial charge in [0.05, 0.1) is 18.8 Å². The molecule has 2 heterocycles. The van der Waals surface area contributed by atoms with E-state index in [0.29, 0.717) is 45.2 Å². The van der Waals surface area contributed by atoms with Gasteiger partial charge in [-0.05, 0) is 26.0 Å². The van der Waals surface area contributed by atoms with Crippen LogP contribution in [0.25, 0.3) is 11.5 Å². The highest BCUT2D eigenvalue weighted by Gasteiger charge is 2.23. The SMILES string of the molecule is CCOC(=O)N1CCN(C(=NC)NCc2coc(-c3ccc(C)cc3)n2)CC1. The Balaban J connectivity index is 1.52. The van der Waals surface area contributed by atoms with Crippen molar-refractivity contribution in [2.45, 2.75) is 20.4 Å². The molecule has 3 rings (SSSR count). The van der Waals surface area contributed by atoms with E-state index in [-0.39, 0.29) is 6.09 Å². The first-order valence-corrected chi connectivity index (χ1v) is 9.49. The molecule has 0 saturated carbocycles. The maximum Gasteiger partial charge on any atom is 0.409 e. The van der Waals surface area contributed by atoms with Crippen molar-refractivity contribution in [3.8, 4) is 11.5 Å². The molecular formula is C20H27N5O3. The first kappa shape index (κ1) is 19.7. The third-order valence-corrected chi connectivity index (χ3v) is 4.59. The van der Waals surface area contributed by atoms with Crippen molar-refractivity contribution in [2.24, 2.45) is 4.99 Å². The molecule has 28 heavy (non-hydrogen) atoms. The lowest BCUT2D eigenvalue weighted by Crippen LogP contribution is -2.53. The second kappa shape index (κ2) is 9.25. The normalized spacial score (nSPS) is 14.9. The predicted octanol–water partition coefficient (Wildman–Crippen LogP) is 2.50. The molecule has 0 unspecified atom stereocenters. The Labute approximate surface area is 165 Å². The summed E-state index contributed by atoms with van der Waals surface area (Å²) in [5.41, 5.74) is 2.96. The molecule has 150 valence electrons. The summed E-state index contributed by atoms with van der Waals surface area (Å²) in [6, 6.07) is 8.07. The summed E-state index contributed by atoms with van der Waals surface area (Å²) in [7, 11) is 1.75. The van der Waals surface area contributed by atoms with Gasteiger partial charge in [0.15, 0.2) is 5.96 Å². The number of rotatable bonds is 4. The Morgan fingerprint density at radius 3 is 2.54 bits per heavy atom. The lowest BCUT2D eigenvalue weighted by Gasteiger charge is -2.35. The van der Waals surface area contributed by atoms with Gasteiger partial charge in [0.25, 0.3) is 0 Å². The molecule has 1 fully saturated rings. The molecule has 1 aliphatic rings. The summed E-state index contributed by atoms with van der Waals surface area (Å²) in [6.07, 6.45) is 1.41. The van der Waals surface area contributed by atoms with Crippen molar-refractivity contribution < 1.29 is 13.9 Å². The molecular weight excluding hydrogens is 358 g/mol. The molecule has 0 spiro atoms. The number of ether oxygens (including phenoxy) is 1. The van der Waals surface area contributed by atoms with Crippen LogP contribution in [0.15, 0.2) is 39.9 Å². The third kappa shape index (κ3) is 4.82. The van der Waals surface area contributed by atoms with Crippen LogP contribution in [0, 0.1) is 6.92 Å². The number of aryl methyl sites for hydroxylation is 1. The Hall–Kier alpha value is -3.03. The molecule has 8 nitrogen and oxygen atoms in total. The largest absolute Gasteiger partial charge is 0.450 e. The maximum atomic E-state index is 11.8. The van der Waals surface area contributed by atoms with E-state index < -0.39 is 0 Å². The second-order valence-electron chi connectivity index (χ2n) is 6.58. The Kier molecular flexibility index (Phi) is 6.52. The third-order valence-electron chi connectivity index (χ3n) is 4.59. The first-order valence-electron chi connectivity index (χ1n) is 9.49. The van der Waals surface area contributed by atoms with Gasteiger partial charge >= 0.3 is 6.09 Å². The van der Waals surface area contributed by atoms with Crippen LogP contribution in [0.4, 0.5) is 4.79 Å². The maximum absolute atomic E-state index is 11.8. The number of aromatic nitrogens is 1. The Morgan fingerprint density at radius 1 is 1.21 bits per heavy atom. The van der Waals surface area contributed by atoms with Crippen molar-refractivity contribution >= 4 is 12.1 Å². The summed E-state index contributed by atoms with van der Waals surface area (Å²) >= 11 is 0. The number of nitrogens with zero attached hydrogens (tertiary/aromatic N) is 4. The summed E-state index contributed by atoms with van der Waals surface area (Å²) in [5, 5.41) is 3.32. The topological polar surface area (TPSA) is 83.2 Å². The van der Waals surface area contributed by atoms with Crippen LogP contribution in [0.2, 0.25) is 0 Å². The van der Waals surface area contributed by atoms with E-state index in [4.69, 9.17) is 9.15 Å². The highest BCUT2D eigenvalue weighted by atomic mass is 16.6. The molecule has 1 amide bonds. The number of guanidine groups is 1. The smallest absolute Gasteiger partial charge is 0.409 e. The monoisotopic (exact) mass is 385 g/mol. The van der Waals surface area contributed by atoms with Gasteiger partial charge in [-0.3, -0.25) is 4.99 Å². The summed E-state index contributed by atoms with van der Waals surface area (Å²) in [4.78, 5) is 24.5. The minimum absolute atomic E-state index is 0.253. The van der Waals surface area contributed by atoms with E-state index in [1.807, 2.05) is 38.1 Å². The van der Waals surface area contributed by atoms with Crippen molar-refractivity contribution in [2.75, 3.05) is 39.8 Å². The van der Waals surface area contributed by atoms with Crippen molar-refractivity contribution in [3.63, 3.8) is 0 Å². The summed E-state index contributed by atoms with van der Waals surface area (Å²) in [5.74, 6) is 1.39. The van der Waals surface area contributed by atoms with Gasteiger partial charge in [-0.2, -0.15) is 0 Å². The molecule has 2 aromatic rings. The lowest BCUT2D eigenvalue weighted by molar-refractivity contribution is 0.0914. The molecule has 0 atom stereocenters. The van der Waals surface area contributed by atoms with E-state index in [1.54, 1.807) is 18.2 Å². The number of benzene rings is 1. The average Bonchev–Trinajstić information content (AvgIpc) is 3.18. The lowest BCUT2D eigenvalue weighted by atomic mass is 10.1. The van der Waals surface area contributed by atoms with Crippen molar-refractivity contribution in [3.05, 3.63) is 41.8 Å². The zero-order valence-electron chi connectivity index (χ0n) is 16.6. The standard InChI is InChI=1S/C20H27N5O3/c1-4-27-20(26)25-11-9-24(10-12-25)19(21-3)22-13-17-14-28-18(23-17)16-7-5-15(2)6-8-16/h5-8,14H,4,9-13H2,1-3H3,(H,21,22). The van der Waals surface area contributed by atoms with Crippen molar-refractivity contribution in [1.29, 1.82) is 0 Å². The minimum atomic E-state index is -0.253. The van der Waals surface area contributed by atoms with Crippen LogP contribution in [-0.2, 0) is 11.3 Å². The number of carbonyl (C=O) groups excluding carboxylic acids is 1. The van der Waals surface area contributed by atoms with Gasteiger partial charge in [-0.1, -0.05) is 17.7 Å². The molecule has 1 aromatic heterocycles. The zero-order chi connectivity index (χ0) is 19.9. The molecule has 0 aliphatic carbocycles. The Bertz CT molecular complexity index is 808. The number of nitrogens with one attached hydrogen (secondary N) is 1. The fraction of sp³-hybridized carbons (Fsp3) is 0.450. The van der Waals surface area contributed by atoms with Crippen LogP contribution >= 0.6 is 0 Å². The fourth-order valence-corrected chi connectivity index (χ4v) is 3.03. The predicted molar refractivity (Wildman–Crippen MR) is 107 cm³/mol. The van der Waals surface area contributed by atoms with Gasteiger partial charge < -0.3 is 24.3 Å². The fourth-order valence-electron chi connectivity index (χ4n) is 3.03. The van der Waals surface area contributed by atoms with Crippen LogP contribution in [0.3, 0.4) is 0 Å². The number of hydrogen-bond donors (Lipinski definition) is 1. The summed E-state index contributed by atoms with van der Waals surface area (Å²) in [6.45, 7) is 7.39.